The average molecular weight is 456 g/mol. The number of amides is 1. The third-order valence-electron chi connectivity index (χ3n) is 5.40. The number of pyridine rings is 1. The number of hydrogen-bond acceptors (Lipinski definition) is 5. The van der Waals surface area contributed by atoms with Crippen molar-refractivity contribution >= 4 is 17.6 Å². The van der Waals surface area contributed by atoms with Crippen LogP contribution in [0.4, 0.5) is 13.2 Å². The number of alkyl halides is 3. The summed E-state index contributed by atoms with van der Waals surface area (Å²) in [6.07, 6.45) is -4.21. The van der Waals surface area contributed by atoms with Gasteiger partial charge in [0.15, 0.2) is 0 Å². The molecule has 0 radical (unpaired) electrons. The van der Waals surface area contributed by atoms with E-state index in [1.807, 2.05) is 13.0 Å². The Balaban J connectivity index is 2.41. The highest BCUT2D eigenvalue weighted by Gasteiger charge is 2.43. The summed E-state index contributed by atoms with van der Waals surface area (Å²) in [5.74, 6) is -1.56. The summed E-state index contributed by atoms with van der Waals surface area (Å²) in [5.41, 5.74) is 0.462. The molecule has 32 heavy (non-hydrogen) atoms. The van der Waals surface area contributed by atoms with Crippen LogP contribution in [0.15, 0.2) is 29.4 Å². The molecule has 1 fully saturated rings. The SMILES string of the molecule is CCC1C/C(=N\Cc2ccccn2)C(C(C)OC(=O)C(C)(C)C)N(C(=O)CC(F)(F)F)C1. The molecule has 0 N–H and O–H groups in total. The molecule has 9 heteroatoms. The smallest absolute Gasteiger partial charge is 0.397 e. The fraction of sp³-hybridized carbons (Fsp3) is 0.652. The van der Waals surface area contributed by atoms with Crippen LogP contribution in [0.2, 0.25) is 0 Å². The van der Waals surface area contributed by atoms with Gasteiger partial charge in [-0.2, -0.15) is 13.2 Å². The highest BCUT2D eigenvalue weighted by molar-refractivity contribution is 5.95. The van der Waals surface area contributed by atoms with E-state index in [1.54, 1.807) is 46.0 Å². The van der Waals surface area contributed by atoms with Crippen molar-refractivity contribution in [1.82, 2.24) is 9.88 Å². The first kappa shape index (κ1) is 25.8. The molecule has 1 aliphatic rings. The van der Waals surface area contributed by atoms with Gasteiger partial charge in [0.25, 0.3) is 0 Å². The molecule has 3 atom stereocenters. The van der Waals surface area contributed by atoms with Gasteiger partial charge < -0.3 is 9.64 Å². The Bertz CT molecular complexity index is 819. The molecule has 3 unspecified atom stereocenters. The number of carbonyl (C=O) groups excluding carboxylic acids is 2. The Morgan fingerprint density at radius 3 is 2.50 bits per heavy atom. The maximum Gasteiger partial charge on any atom is 0.397 e. The molecule has 1 amide bonds. The third-order valence-corrected chi connectivity index (χ3v) is 5.40. The Morgan fingerprint density at radius 1 is 1.28 bits per heavy atom. The number of rotatable bonds is 6. The fourth-order valence-corrected chi connectivity index (χ4v) is 3.62. The van der Waals surface area contributed by atoms with Crippen LogP contribution >= 0.6 is 0 Å². The molecule has 1 saturated heterocycles. The molecule has 1 aliphatic heterocycles. The molecular weight excluding hydrogens is 423 g/mol. The predicted molar refractivity (Wildman–Crippen MR) is 115 cm³/mol. The summed E-state index contributed by atoms with van der Waals surface area (Å²) < 4.78 is 44.7. The van der Waals surface area contributed by atoms with Crippen LogP contribution in [0.3, 0.4) is 0 Å². The van der Waals surface area contributed by atoms with Gasteiger partial charge in [0, 0.05) is 18.5 Å². The largest absolute Gasteiger partial charge is 0.460 e. The zero-order valence-electron chi connectivity index (χ0n) is 19.3. The number of hydrogen-bond donors (Lipinski definition) is 0. The number of ether oxygens (including phenoxy) is 1. The average Bonchev–Trinajstić information content (AvgIpc) is 2.70. The molecule has 0 spiro atoms. The Labute approximate surface area is 187 Å². The third kappa shape index (κ3) is 7.31. The standard InChI is InChI=1S/C23H32F3N3O3/c1-6-16-11-18(28-13-17-9-7-8-10-27-17)20(15(2)32-21(31)22(3,4)5)29(14-16)19(30)12-23(24,25)26/h7-10,15-16,20H,6,11-14H2,1-5H3/b28-18+. The predicted octanol–water partition coefficient (Wildman–Crippen LogP) is 4.58. The first-order chi connectivity index (χ1) is 14.8. The topological polar surface area (TPSA) is 71.9 Å². The van der Waals surface area contributed by atoms with Crippen molar-refractivity contribution in [3.05, 3.63) is 30.1 Å². The number of nitrogens with zero attached hydrogens (tertiary/aromatic N) is 3. The molecule has 0 saturated carbocycles. The zero-order valence-corrected chi connectivity index (χ0v) is 19.3. The van der Waals surface area contributed by atoms with Crippen LogP contribution in [0, 0.1) is 11.3 Å². The van der Waals surface area contributed by atoms with E-state index in [0.29, 0.717) is 24.2 Å². The summed E-state index contributed by atoms with van der Waals surface area (Å²) in [6, 6.07) is 4.54. The summed E-state index contributed by atoms with van der Waals surface area (Å²) >= 11 is 0. The Morgan fingerprint density at radius 2 is 1.97 bits per heavy atom. The highest BCUT2D eigenvalue weighted by Crippen LogP contribution is 2.30. The van der Waals surface area contributed by atoms with E-state index in [1.165, 1.54) is 4.90 Å². The lowest BCUT2D eigenvalue weighted by molar-refractivity contribution is -0.170. The fourth-order valence-electron chi connectivity index (χ4n) is 3.62. The Kier molecular flexibility index (Phi) is 8.42. The van der Waals surface area contributed by atoms with Crippen LogP contribution in [0.1, 0.15) is 59.6 Å². The summed E-state index contributed by atoms with van der Waals surface area (Å²) in [7, 11) is 0. The van der Waals surface area contributed by atoms with Gasteiger partial charge in [-0.3, -0.25) is 19.6 Å². The van der Waals surface area contributed by atoms with Gasteiger partial charge in [0.2, 0.25) is 5.91 Å². The van der Waals surface area contributed by atoms with Gasteiger partial charge in [-0.25, -0.2) is 0 Å². The molecular formula is C23H32F3N3O3. The van der Waals surface area contributed by atoms with Crippen molar-refractivity contribution in [2.75, 3.05) is 6.54 Å². The second-order valence-electron chi connectivity index (χ2n) is 9.25. The van der Waals surface area contributed by atoms with Crippen LogP contribution < -0.4 is 0 Å². The van der Waals surface area contributed by atoms with Crippen LogP contribution in [0.5, 0.6) is 0 Å². The number of likely N-dealkylation sites (tertiary alicyclic amines) is 1. The normalized spacial score (nSPS) is 22.0. The van der Waals surface area contributed by atoms with Gasteiger partial charge in [-0.15, -0.1) is 0 Å². The maximum absolute atomic E-state index is 13.0. The second-order valence-corrected chi connectivity index (χ2v) is 9.25. The van der Waals surface area contributed by atoms with Crippen molar-refractivity contribution < 1.29 is 27.5 Å². The molecule has 0 aromatic carbocycles. The number of esters is 1. The number of carbonyl (C=O) groups is 2. The van der Waals surface area contributed by atoms with Crippen molar-refractivity contribution in [2.45, 2.75) is 78.7 Å². The van der Waals surface area contributed by atoms with Gasteiger partial charge in [0.05, 0.1) is 17.7 Å². The van der Waals surface area contributed by atoms with E-state index in [9.17, 15) is 22.8 Å². The molecule has 178 valence electrons. The lowest BCUT2D eigenvalue weighted by Crippen LogP contribution is -2.58. The molecule has 6 nitrogen and oxygen atoms in total. The van der Waals surface area contributed by atoms with E-state index >= 15 is 0 Å². The number of halogens is 3. The first-order valence-electron chi connectivity index (χ1n) is 10.8. The number of aliphatic imine (C=N–C) groups is 1. The molecule has 2 heterocycles. The van der Waals surface area contributed by atoms with Crippen molar-refractivity contribution in [3.63, 3.8) is 0 Å². The van der Waals surface area contributed by atoms with E-state index in [0.717, 1.165) is 0 Å². The van der Waals surface area contributed by atoms with Crippen molar-refractivity contribution in [3.8, 4) is 0 Å². The van der Waals surface area contributed by atoms with Crippen LogP contribution in [-0.4, -0.2) is 52.3 Å². The molecule has 1 aromatic rings. The van der Waals surface area contributed by atoms with Gasteiger partial charge in [-0.1, -0.05) is 19.4 Å². The first-order valence-corrected chi connectivity index (χ1v) is 10.8. The maximum atomic E-state index is 13.0. The van der Waals surface area contributed by atoms with Crippen LogP contribution in [-0.2, 0) is 20.9 Å². The molecule has 2 rings (SSSR count). The molecule has 0 aliphatic carbocycles. The summed E-state index contributed by atoms with van der Waals surface area (Å²) in [5, 5.41) is 0. The minimum atomic E-state index is -4.63. The highest BCUT2D eigenvalue weighted by atomic mass is 19.4. The minimum absolute atomic E-state index is 0.0311. The quantitative estimate of drug-likeness (QED) is 0.589. The van der Waals surface area contributed by atoms with Crippen molar-refractivity contribution in [1.29, 1.82) is 0 Å². The van der Waals surface area contributed by atoms with Gasteiger partial charge in [0.1, 0.15) is 18.6 Å². The second kappa shape index (κ2) is 10.4. The minimum Gasteiger partial charge on any atom is -0.460 e. The van der Waals surface area contributed by atoms with Gasteiger partial charge >= 0.3 is 12.1 Å². The van der Waals surface area contributed by atoms with E-state index in [-0.39, 0.29) is 19.0 Å². The summed E-state index contributed by atoms with van der Waals surface area (Å²) in [6.45, 7) is 9.00. The monoisotopic (exact) mass is 455 g/mol. The molecule has 0 bridgehead atoms. The van der Waals surface area contributed by atoms with Crippen molar-refractivity contribution in [2.24, 2.45) is 16.3 Å². The lowest BCUT2D eigenvalue weighted by Gasteiger charge is -2.43. The number of piperidine rings is 1. The van der Waals surface area contributed by atoms with E-state index in [4.69, 9.17) is 4.74 Å². The van der Waals surface area contributed by atoms with Gasteiger partial charge in [-0.05, 0) is 52.2 Å². The number of aromatic nitrogens is 1. The summed E-state index contributed by atoms with van der Waals surface area (Å²) in [4.78, 5) is 35.2. The lowest BCUT2D eigenvalue weighted by atomic mass is 9.86. The zero-order chi connectivity index (χ0) is 24.1. The van der Waals surface area contributed by atoms with E-state index in [2.05, 4.69) is 9.98 Å². The molecule has 1 aromatic heterocycles. The van der Waals surface area contributed by atoms with Crippen LogP contribution in [0.25, 0.3) is 0 Å². The van der Waals surface area contributed by atoms with E-state index < -0.39 is 42.0 Å². The Hall–Kier alpha value is -2.45.